The first kappa shape index (κ1) is 10.4. The standard InChI is InChI=1S/C11H18N4/c1-8-6-11(14-7-13-8)15-10-5-3-2-4-9(10)12/h6-7,9-10H,2-5,12H2,1H3,(H,13,14,15)/t9-,10-/m1/s1. The molecule has 15 heavy (non-hydrogen) atoms. The molecule has 0 aliphatic heterocycles. The van der Waals surface area contributed by atoms with Gasteiger partial charge in [0.15, 0.2) is 0 Å². The van der Waals surface area contributed by atoms with E-state index in [0.717, 1.165) is 24.4 Å². The quantitative estimate of drug-likeness (QED) is 0.769. The van der Waals surface area contributed by atoms with Gasteiger partial charge >= 0.3 is 0 Å². The number of anilines is 1. The van der Waals surface area contributed by atoms with E-state index in [4.69, 9.17) is 5.73 Å². The van der Waals surface area contributed by atoms with Crippen molar-refractivity contribution >= 4 is 5.82 Å². The van der Waals surface area contributed by atoms with Crippen LogP contribution in [0.4, 0.5) is 5.82 Å². The van der Waals surface area contributed by atoms with Crippen molar-refractivity contribution in [2.75, 3.05) is 5.32 Å². The number of rotatable bonds is 2. The van der Waals surface area contributed by atoms with Gasteiger partial charge in [-0.05, 0) is 19.8 Å². The van der Waals surface area contributed by atoms with Crippen LogP contribution in [0.2, 0.25) is 0 Å². The molecule has 1 heterocycles. The van der Waals surface area contributed by atoms with Crippen LogP contribution < -0.4 is 11.1 Å². The predicted molar refractivity (Wildman–Crippen MR) is 60.6 cm³/mol. The normalized spacial score (nSPS) is 26.3. The van der Waals surface area contributed by atoms with Crippen LogP contribution in [-0.2, 0) is 0 Å². The molecule has 1 saturated carbocycles. The van der Waals surface area contributed by atoms with E-state index in [0.29, 0.717) is 6.04 Å². The van der Waals surface area contributed by atoms with E-state index >= 15 is 0 Å². The number of hydrogen-bond acceptors (Lipinski definition) is 4. The highest BCUT2D eigenvalue weighted by Gasteiger charge is 2.21. The molecule has 4 nitrogen and oxygen atoms in total. The van der Waals surface area contributed by atoms with E-state index in [1.807, 2.05) is 13.0 Å². The molecule has 1 fully saturated rings. The van der Waals surface area contributed by atoms with Crippen molar-refractivity contribution in [1.29, 1.82) is 0 Å². The predicted octanol–water partition coefficient (Wildman–Crippen LogP) is 1.47. The van der Waals surface area contributed by atoms with Gasteiger partial charge in [0.05, 0.1) is 0 Å². The summed E-state index contributed by atoms with van der Waals surface area (Å²) in [6.07, 6.45) is 6.36. The Bertz CT molecular complexity index is 326. The Labute approximate surface area is 90.3 Å². The zero-order valence-corrected chi connectivity index (χ0v) is 9.11. The molecule has 4 heteroatoms. The van der Waals surface area contributed by atoms with Crippen molar-refractivity contribution in [3.63, 3.8) is 0 Å². The molecule has 0 spiro atoms. The minimum Gasteiger partial charge on any atom is -0.366 e. The largest absolute Gasteiger partial charge is 0.366 e. The smallest absolute Gasteiger partial charge is 0.129 e. The molecule has 0 saturated heterocycles. The molecule has 1 aliphatic carbocycles. The number of nitrogens with two attached hydrogens (primary N) is 1. The Morgan fingerprint density at radius 2 is 2.13 bits per heavy atom. The van der Waals surface area contributed by atoms with Crippen molar-refractivity contribution in [3.05, 3.63) is 18.1 Å². The second-order valence-corrected chi connectivity index (χ2v) is 4.24. The highest BCUT2D eigenvalue weighted by molar-refractivity contribution is 5.36. The van der Waals surface area contributed by atoms with Crippen molar-refractivity contribution < 1.29 is 0 Å². The molecule has 0 radical (unpaired) electrons. The molecule has 0 aromatic carbocycles. The Balaban J connectivity index is 2.01. The molecule has 1 aliphatic rings. The summed E-state index contributed by atoms with van der Waals surface area (Å²) in [6.45, 7) is 1.97. The lowest BCUT2D eigenvalue weighted by Crippen LogP contribution is -2.42. The maximum absolute atomic E-state index is 6.06. The fourth-order valence-corrected chi connectivity index (χ4v) is 2.06. The second kappa shape index (κ2) is 4.57. The average molecular weight is 206 g/mol. The Hall–Kier alpha value is -1.16. The van der Waals surface area contributed by atoms with E-state index in [2.05, 4.69) is 15.3 Å². The fraction of sp³-hybridized carbons (Fsp3) is 0.636. The molecule has 3 N–H and O–H groups in total. The summed E-state index contributed by atoms with van der Waals surface area (Å²) in [6, 6.07) is 2.59. The lowest BCUT2D eigenvalue weighted by molar-refractivity contribution is 0.403. The van der Waals surface area contributed by atoms with Crippen molar-refractivity contribution in [2.45, 2.75) is 44.7 Å². The summed E-state index contributed by atoms with van der Waals surface area (Å²) in [7, 11) is 0. The second-order valence-electron chi connectivity index (χ2n) is 4.24. The minimum absolute atomic E-state index is 0.258. The maximum atomic E-state index is 6.06. The highest BCUT2D eigenvalue weighted by atomic mass is 15.1. The third-order valence-electron chi connectivity index (χ3n) is 2.96. The zero-order chi connectivity index (χ0) is 10.7. The number of nitrogens with one attached hydrogen (secondary N) is 1. The number of aryl methyl sites for hydroxylation is 1. The molecule has 1 aromatic rings. The molecule has 0 unspecified atom stereocenters. The van der Waals surface area contributed by atoms with E-state index in [1.54, 1.807) is 6.33 Å². The third-order valence-corrected chi connectivity index (χ3v) is 2.96. The first-order valence-electron chi connectivity index (χ1n) is 5.56. The first-order valence-corrected chi connectivity index (χ1v) is 5.56. The molecule has 1 aromatic heterocycles. The van der Waals surface area contributed by atoms with Crippen LogP contribution in [0.25, 0.3) is 0 Å². The zero-order valence-electron chi connectivity index (χ0n) is 9.11. The Morgan fingerprint density at radius 1 is 1.33 bits per heavy atom. The van der Waals surface area contributed by atoms with Crippen LogP contribution in [-0.4, -0.2) is 22.1 Å². The van der Waals surface area contributed by atoms with Crippen LogP contribution in [0.1, 0.15) is 31.4 Å². The number of nitrogens with zero attached hydrogens (tertiary/aromatic N) is 2. The molecular formula is C11H18N4. The molecule has 0 bridgehead atoms. The lowest BCUT2D eigenvalue weighted by Gasteiger charge is -2.29. The van der Waals surface area contributed by atoms with E-state index in [-0.39, 0.29) is 6.04 Å². The summed E-state index contributed by atoms with van der Waals surface area (Å²) in [5, 5.41) is 3.40. The van der Waals surface area contributed by atoms with Crippen LogP contribution in [0.3, 0.4) is 0 Å². The summed E-state index contributed by atoms with van der Waals surface area (Å²) in [5.74, 6) is 0.893. The Kier molecular flexibility index (Phi) is 3.16. The van der Waals surface area contributed by atoms with Crippen LogP contribution in [0, 0.1) is 6.92 Å². The lowest BCUT2D eigenvalue weighted by atomic mass is 9.91. The van der Waals surface area contributed by atoms with Gasteiger partial charge in [-0.25, -0.2) is 9.97 Å². The summed E-state index contributed by atoms with van der Waals surface area (Å²) in [5.41, 5.74) is 7.04. The molecule has 82 valence electrons. The summed E-state index contributed by atoms with van der Waals surface area (Å²) < 4.78 is 0. The highest BCUT2D eigenvalue weighted by Crippen LogP contribution is 2.20. The van der Waals surface area contributed by atoms with Gasteiger partial charge < -0.3 is 11.1 Å². The monoisotopic (exact) mass is 206 g/mol. The van der Waals surface area contributed by atoms with Gasteiger partial charge in [0, 0.05) is 23.8 Å². The van der Waals surface area contributed by atoms with Gasteiger partial charge in [-0.3, -0.25) is 0 Å². The molecule has 0 amide bonds. The third kappa shape index (κ3) is 2.65. The van der Waals surface area contributed by atoms with E-state index in [1.165, 1.54) is 12.8 Å². The average Bonchev–Trinajstić information content (AvgIpc) is 2.22. The van der Waals surface area contributed by atoms with Gasteiger partial charge in [-0.1, -0.05) is 12.8 Å². The van der Waals surface area contributed by atoms with Crippen molar-refractivity contribution in [3.8, 4) is 0 Å². The van der Waals surface area contributed by atoms with Crippen molar-refractivity contribution in [2.24, 2.45) is 5.73 Å². The van der Waals surface area contributed by atoms with Crippen LogP contribution in [0.5, 0.6) is 0 Å². The van der Waals surface area contributed by atoms with Gasteiger partial charge in [-0.2, -0.15) is 0 Å². The van der Waals surface area contributed by atoms with Gasteiger partial charge in [0.1, 0.15) is 12.1 Å². The van der Waals surface area contributed by atoms with Gasteiger partial charge in [-0.15, -0.1) is 0 Å². The van der Waals surface area contributed by atoms with Crippen LogP contribution >= 0.6 is 0 Å². The molecule has 2 atom stereocenters. The maximum Gasteiger partial charge on any atom is 0.129 e. The van der Waals surface area contributed by atoms with Crippen molar-refractivity contribution in [1.82, 2.24) is 9.97 Å². The molecule has 2 rings (SSSR count). The van der Waals surface area contributed by atoms with Gasteiger partial charge in [0.25, 0.3) is 0 Å². The van der Waals surface area contributed by atoms with E-state index in [9.17, 15) is 0 Å². The molecular weight excluding hydrogens is 188 g/mol. The fourth-order valence-electron chi connectivity index (χ4n) is 2.06. The summed E-state index contributed by atoms with van der Waals surface area (Å²) in [4.78, 5) is 8.26. The number of hydrogen-bond donors (Lipinski definition) is 2. The summed E-state index contributed by atoms with van der Waals surface area (Å²) >= 11 is 0. The van der Waals surface area contributed by atoms with Crippen LogP contribution in [0.15, 0.2) is 12.4 Å². The minimum atomic E-state index is 0.258. The SMILES string of the molecule is Cc1cc(N[C@@H]2CCCC[C@H]2N)ncn1. The van der Waals surface area contributed by atoms with E-state index < -0.39 is 0 Å². The number of aromatic nitrogens is 2. The topological polar surface area (TPSA) is 63.8 Å². The Morgan fingerprint density at radius 3 is 2.87 bits per heavy atom. The van der Waals surface area contributed by atoms with Gasteiger partial charge in [0.2, 0.25) is 0 Å². The first-order chi connectivity index (χ1) is 7.25.